The number of hydrogen-bond donors (Lipinski definition) is 3. The van der Waals surface area contributed by atoms with Crippen LogP contribution in [0.15, 0.2) is 0 Å². The highest BCUT2D eigenvalue weighted by molar-refractivity contribution is 5.20. The van der Waals surface area contributed by atoms with E-state index in [2.05, 4.69) is 41.5 Å². The zero-order chi connectivity index (χ0) is 22.1. The lowest BCUT2D eigenvalue weighted by atomic mass is 9.37. The van der Waals surface area contributed by atoms with Crippen molar-refractivity contribution < 1.29 is 15.3 Å². The Hall–Kier alpha value is -0.120. The SMILES string of the molecule is CCC1C(CC)[C@H]2[C@@H]3C(CC)C(CC)C4(O)CC(O)CC[C@]4(C)[C@@H]3CC[C@]2(C)C1O. The molecule has 30 heavy (non-hydrogen) atoms. The topological polar surface area (TPSA) is 60.7 Å². The number of fused-ring (bicyclic) bond motifs is 5. The quantitative estimate of drug-likeness (QED) is 0.570. The van der Waals surface area contributed by atoms with Crippen LogP contribution in [0.4, 0.5) is 0 Å². The number of aliphatic hydroxyl groups is 3. The first-order valence-electron chi connectivity index (χ1n) is 13.2. The van der Waals surface area contributed by atoms with E-state index < -0.39 is 5.60 Å². The molecule has 0 aromatic carbocycles. The highest BCUT2D eigenvalue weighted by Crippen LogP contribution is 2.72. The van der Waals surface area contributed by atoms with E-state index in [0.717, 1.165) is 51.4 Å². The minimum atomic E-state index is -0.752. The van der Waals surface area contributed by atoms with Crippen LogP contribution < -0.4 is 0 Å². The molecular formula is C27H48O3. The van der Waals surface area contributed by atoms with Gasteiger partial charge in [-0.2, -0.15) is 0 Å². The smallest absolute Gasteiger partial charge is 0.0759 e. The van der Waals surface area contributed by atoms with E-state index in [1.807, 2.05) is 0 Å². The van der Waals surface area contributed by atoms with Crippen LogP contribution in [0.25, 0.3) is 0 Å². The van der Waals surface area contributed by atoms with Crippen molar-refractivity contribution in [2.45, 2.75) is 117 Å². The minimum Gasteiger partial charge on any atom is -0.393 e. The molecule has 0 aromatic heterocycles. The van der Waals surface area contributed by atoms with Gasteiger partial charge in [0.05, 0.1) is 17.8 Å². The maximum absolute atomic E-state index is 12.3. The summed E-state index contributed by atoms with van der Waals surface area (Å²) in [7, 11) is 0. The van der Waals surface area contributed by atoms with Gasteiger partial charge in [-0.3, -0.25) is 0 Å². The maximum Gasteiger partial charge on any atom is 0.0759 e. The van der Waals surface area contributed by atoms with Crippen LogP contribution in [0.3, 0.4) is 0 Å². The second-order valence-corrected chi connectivity index (χ2v) is 12.2. The Bertz CT molecular complexity index is 636. The number of rotatable bonds is 4. The van der Waals surface area contributed by atoms with E-state index in [0.29, 0.717) is 41.9 Å². The Kier molecular flexibility index (Phi) is 5.94. The van der Waals surface area contributed by atoms with Gasteiger partial charge in [-0.05, 0) is 77.9 Å². The number of aliphatic hydroxyl groups excluding tert-OH is 2. The van der Waals surface area contributed by atoms with E-state index in [-0.39, 0.29) is 29.0 Å². The molecule has 4 aliphatic rings. The van der Waals surface area contributed by atoms with Crippen LogP contribution >= 0.6 is 0 Å². The molecule has 0 amide bonds. The van der Waals surface area contributed by atoms with Crippen molar-refractivity contribution in [2.75, 3.05) is 0 Å². The summed E-state index contributed by atoms with van der Waals surface area (Å²) in [4.78, 5) is 0. The van der Waals surface area contributed by atoms with Crippen molar-refractivity contribution >= 4 is 0 Å². The summed E-state index contributed by atoms with van der Waals surface area (Å²) in [6, 6.07) is 0. The van der Waals surface area contributed by atoms with E-state index in [4.69, 9.17) is 0 Å². The lowest BCUT2D eigenvalue weighted by Gasteiger charge is -2.69. The monoisotopic (exact) mass is 420 g/mol. The molecule has 0 bridgehead atoms. The standard InChI is InChI=1S/C27H48O3/c1-7-17-18(8-2)24(29)25(5)13-12-21-22(23(17)25)19(9-3)20(10-4)27(30)15-16(28)11-14-26(21,27)6/h16-24,28-30H,7-15H2,1-6H3/t16?,17?,18?,19?,20?,21-,22-,23+,24?,25+,26-,27?/m1/s1. The summed E-state index contributed by atoms with van der Waals surface area (Å²) in [5, 5.41) is 34.4. The summed E-state index contributed by atoms with van der Waals surface area (Å²) in [6.07, 6.45) is 8.33. The molecule has 4 saturated carbocycles. The molecule has 4 fully saturated rings. The molecule has 174 valence electrons. The second-order valence-electron chi connectivity index (χ2n) is 12.2. The number of hydrogen-bond acceptors (Lipinski definition) is 3. The average molecular weight is 421 g/mol. The minimum absolute atomic E-state index is 0.0221. The molecule has 0 saturated heterocycles. The Morgan fingerprint density at radius 3 is 2.00 bits per heavy atom. The highest BCUT2D eigenvalue weighted by atomic mass is 16.3. The Morgan fingerprint density at radius 2 is 1.43 bits per heavy atom. The first-order valence-corrected chi connectivity index (χ1v) is 13.2. The largest absolute Gasteiger partial charge is 0.393 e. The molecule has 0 heterocycles. The molecule has 0 aromatic rings. The van der Waals surface area contributed by atoms with Crippen molar-refractivity contribution in [1.82, 2.24) is 0 Å². The van der Waals surface area contributed by atoms with Gasteiger partial charge in [0.25, 0.3) is 0 Å². The first kappa shape index (κ1) is 23.1. The van der Waals surface area contributed by atoms with E-state index >= 15 is 0 Å². The van der Waals surface area contributed by atoms with Crippen LogP contribution in [-0.4, -0.2) is 33.1 Å². The van der Waals surface area contributed by atoms with Gasteiger partial charge in [-0.1, -0.05) is 67.2 Å². The van der Waals surface area contributed by atoms with Crippen molar-refractivity contribution in [3.05, 3.63) is 0 Å². The van der Waals surface area contributed by atoms with Crippen LogP contribution in [0, 0.1) is 52.3 Å². The van der Waals surface area contributed by atoms with Gasteiger partial charge in [0.15, 0.2) is 0 Å². The van der Waals surface area contributed by atoms with Crippen molar-refractivity contribution in [3.8, 4) is 0 Å². The summed E-state index contributed by atoms with van der Waals surface area (Å²) >= 11 is 0. The van der Waals surface area contributed by atoms with Crippen LogP contribution in [-0.2, 0) is 0 Å². The zero-order valence-corrected chi connectivity index (χ0v) is 20.4. The van der Waals surface area contributed by atoms with Crippen LogP contribution in [0.5, 0.6) is 0 Å². The Balaban J connectivity index is 1.85. The van der Waals surface area contributed by atoms with Crippen LogP contribution in [0.2, 0.25) is 0 Å². The fourth-order valence-corrected chi connectivity index (χ4v) is 10.3. The van der Waals surface area contributed by atoms with Gasteiger partial charge in [-0.25, -0.2) is 0 Å². The molecule has 0 aliphatic heterocycles. The normalized spacial score (nSPS) is 58.1. The van der Waals surface area contributed by atoms with Gasteiger partial charge >= 0.3 is 0 Å². The molecular weight excluding hydrogens is 372 g/mol. The third kappa shape index (κ3) is 2.73. The maximum atomic E-state index is 12.3. The van der Waals surface area contributed by atoms with Crippen LogP contribution in [0.1, 0.15) is 99.3 Å². The Labute approximate surface area is 185 Å². The lowest BCUT2D eigenvalue weighted by Crippen LogP contribution is -2.69. The molecule has 3 N–H and O–H groups in total. The van der Waals surface area contributed by atoms with Gasteiger partial charge in [-0.15, -0.1) is 0 Å². The zero-order valence-electron chi connectivity index (χ0n) is 20.4. The highest BCUT2D eigenvalue weighted by Gasteiger charge is 2.71. The predicted molar refractivity (Wildman–Crippen MR) is 122 cm³/mol. The third-order valence-corrected chi connectivity index (χ3v) is 11.6. The second kappa shape index (κ2) is 7.73. The average Bonchev–Trinajstić information content (AvgIpc) is 2.94. The first-order chi connectivity index (χ1) is 14.1. The summed E-state index contributed by atoms with van der Waals surface area (Å²) < 4.78 is 0. The predicted octanol–water partition coefficient (Wildman–Crippen LogP) is 5.41. The fraction of sp³-hybridized carbons (Fsp3) is 1.00. The van der Waals surface area contributed by atoms with Crippen molar-refractivity contribution in [1.29, 1.82) is 0 Å². The molecule has 0 spiro atoms. The van der Waals surface area contributed by atoms with Crippen molar-refractivity contribution in [3.63, 3.8) is 0 Å². The summed E-state index contributed by atoms with van der Waals surface area (Å²) in [5.41, 5.74) is -0.843. The molecule has 7 unspecified atom stereocenters. The van der Waals surface area contributed by atoms with E-state index in [1.165, 1.54) is 0 Å². The van der Waals surface area contributed by atoms with E-state index in [1.54, 1.807) is 0 Å². The molecule has 12 atom stereocenters. The lowest BCUT2D eigenvalue weighted by molar-refractivity contribution is -0.272. The van der Waals surface area contributed by atoms with Gasteiger partial charge < -0.3 is 15.3 Å². The fourth-order valence-electron chi connectivity index (χ4n) is 10.3. The molecule has 3 nitrogen and oxygen atoms in total. The molecule has 0 radical (unpaired) electrons. The van der Waals surface area contributed by atoms with E-state index in [9.17, 15) is 15.3 Å². The molecule has 4 rings (SSSR count). The van der Waals surface area contributed by atoms with Crippen molar-refractivity contribution in [2.24, 2.45) is 52.3 Å². The summed E-state index contributed by atoms with van der Waals surface area (Å²) in [5.74, 6) is 3.43. The van der Waals surface area contributed by atoms with Gasteiger partial charge in [0.2, 0.25) is 0 Å². The van der Waals surface area contributed by atoms with Gasteiger partial charge in [0.1, 0.15) is 0 Å². The van der Waals surface area contributed by atoms with Gasteiger partial charge in [0, 0.05) is 6.42 Å². The molecule has 3 heteroatoms. The Morgan fingerprint density at radius 1 is 0.800 bits per heavy atom. The summed E-state index contributed by atoms with van der Waals surface area (Å²) in [6.45, 7) is 14.0. The molecule has 4 aliphatic carbocycles. The third-order valence-electron chi connectivity index (χ3n) is 11.6.